The van der Waals surface area contributed by atoms with Crippen LogP contribution in [0.15, 0.2) is 41.7 Å². The molecule has 0 unspecified atom stereocenters. The highest BCUT2D eigenvalue weighted by atomic mass is 16.8. The second-order valence-corrected chi connectivity index (χ2v) is 12.2. The Hall–Kier alpha value is -5.82. The summed E-state index contributed by atoms with van der Waals surface area (Å²) in [5.41, 5.74) is 0.689. The van der Waals surface area contributed by atoms with E-state index in [4.69, 9.17) is 52.1 Å². The van der Waals surface area contributed by atoms with Gasteiger partial charge in [0.05, 0.1) is 32.0 Å². The van der Waals surface area contributed by atoms with Gasteiger partial charge in [0.15, 0.2) is 29.8 Å². The van der Waals surface area contributed by atoms with E-state index in [0.717, 1.165) is 41.1 Å². The van der Waals surface area contributed by atoms with E-state index in [1.807, 2.05) is 0 Å². The van der Waals surface area contributed by atoms with E-state index in [2.05, 4.69) is 0 Å². The molecule has 2 aliphatic rings. The Morgan fingerprint density at radius 2 is 1.34 bits per heavy atom. The predicted octanol–water partition coefficient (Wildman–Crippen LogP) is 2.09. The van der Waals surface area contributed by atoms with Gasteiger partial charge in [-0.25, -0.2) is 4.79 Å². The molecule has 1 aromatic rings. The maximum atomic E-state index is 13.3. The molecule has 7 atom stereocenters. The minimum Gasteiger partial charge on any atom is -0.468 e. The van der Waals surface area contributed by atoms with Crippen LogP contribution in [0.4, 0.5) is 0 Å². The van der Waals surface area contributed by atoms with Gasteiger partial charge in [0.2, 0.25) is 12.6 Å². The summed E-state index contributed by atoms with van der Waals surface area (Å²) in [6.45, 7) is 7.60. The molecule has 0 aliphatic carbocycles. The molecule has 19 nitrogen and oxygen atoms in total. The molecule has 0 amide bonds. The van der Waals surface area contributed by atoms with Crippen molar-refractivity contribution in [3.63, 3.8) is 0 Å². The van der Waals surface area contributed by atoms with Gasteiger partial charge in [0, 0.05) is 59.5 Å². The Morgan fingerprint density at radius 3 is 1.91 bits per heavy atom. The average Bonchev–Trinajstić information content (AvgIpc) is 3.09. The molecule has 1 fully saturated rings. The van der Waals surface area contributed by atoms with Crippen LogP contribution in [-0.2, 0) is 87.4 Å². The van der Waals surface area contributed by atoms with E-state index >= 15 is 0 Å². The maximum Gasteiger partial charge on any atom is 0.337 e. The van der Waals surface area contributed by atoms with Crippen molar-refractivity contribution in [3.8, 4) is 11.5 Å². The van der Waals surface area contributed by atoms with E-state index in [-0.39, 0.29) is 35.7 Å². The zero-order valence-corrected chi connectivity index (χ0v) is 32.0. The van der Waals surface area contributed by atoms with Gasteiger partial charge in [0.25, 0.3) is 0 Å². The van der Waals surface area contributed by atoms with Crippen LogP contribution in [0.5, 0.6) is 11.5 Å². The number of benzene rings is 1. The van der Waals surface area contributed by atoms with Crippen molar-refractivity contribution in [2.45, 2.75) is 98.3 Å². The normalized spacial score (nSPS) is 23.6. The molecule has 56 heavy (non-hydrogen) atoms. The zero-order chi connectivity index (χ0) is 41.7. The zero-order valence-electron chi connectivity index (χ0n) is 32.0. The summed E-state index contributed by atoms with van der Waals surface area (Å²) in [5, 5.41) is 0. The molecule has 0 spiro atoms. The number of methoxy groups -OCH3 is 1. The first kappa shape index (κ1) is 44.6. The van der Waals surface area contributed by atoms with Gasteiger partial charge in [-0.05, 0) is 24.6 Å². The Balaban J connectivity index is 1.88. The minimum absolute atomic E-state index is 0.00739. The minimum atomic E-state index is -1.65. The molecule has 306 valence electrons. The second-order valence-electron chi connectivity index (χ2n) is 12.2. The van der Waals surface area contributed by atoms with Gasteiger partial charge < -0.3 is 52.1 Å². The summed E-state index contributed by atoms with van der Waals surface area (Å²) in [7, 11) is 1.13. The van der Waals surface area contributed by atoms with Crippen LogP contribution in [0.2, 0.25) is 0 Å². The summed E-state index contributed by atoms with van der Waals surface area (Å²) in [4.78, 5) is 97.5. The molecular formula is C37H44O19. The summed E-state index contributed by atoms with van der Waals surface area (Å²) >= 11 is 0. The van der Waals surface area contributed by atoms with Gasteiger partial charge in [0.1, 0.15) is 12.7 Å². The number of esters is 8. The van der Waals surface area contributed by atoms with Crippen molar-refractivity contribution in [3.05, 3.63) is 47.2 Å². The van der Waals surface area contributed by atoms with Crippen LogP contribution in [0.25, 0.3) is 0 Å². The Morgan fingerprint density at radius 1 is 0.732 bits per heavy atom. The highest BCUT2D eigenvalue weighted by Gasteiger charge is 2.54. The van der Waals surface area contributed by atoms with E-state index in [9.17, 15) is 38.4 Å². The molecule has 1 saturated heterocycles. The number of carbonyl (C=O) groups is 8. The summed E-state index contributed by atoms with van der Waals surface area (Å²) in [6, 6.07) is 4.47. The smallest absolute Gasteiger partial charge is 0.337 e. The third kappa shape index (κ3) is 12.9. The fourth-order valence-corrected chi connectivity index (χ4v) is 5.73. The van der Waals surface area contributed by atoms with E-state index in [1.165, 1.54) is 32.1 Å². The number of rotatable bonds is 15. The van der Waals surface area contributed by atoms with Gasteiger partial charge >= 0.3 is 47.8 Å². The van der Waals surface area contributed by atoms with Crippen molar-refractivity contribution in [2.24, 2.45) is 5.92 Å². The van der Waals surface area contributed by atoms with Crippen molar-refractivity contribution in [1.82, 2.24) is 0 Å². The summed E-state index contributed by atoms with van der Waals surface area (Å²) in [6.07, 6.45) is -6.73. The Labute approximate surface area is 321 Å². The topological polar surface area (TPSA) is 238 Å². The maximum absolute atomic E-state index is 13.3. The third-order valence-electron chi connectivity index (χ3n) is 7.87. The summed E-state index contributed by atoms with van der Waals surface area (Å²) in [5.74, 6) is -7.16. The highest BCUT2D eigenvalue weighted by molar-refractivity contribution is 5.90. The van der Waals surface area contributed by atoms with Crippen LogP contribution >= 0.6 is 0 Å². The standard InChI is InChI=1S/C37H44O19/c1-9-25-26(15-31(44)47-13-12-24-10-11-28(50-19(3)39)29(14-24)51-20(4)40)27(35(45)46-8)16-49-36(25)56-37-34(54-23(7)43)33(53-22(6)42)32(52-21(5)41)30(55-37)17-48-18(2)38/h9-11,14,16,26,30,32-34,36-37H,12-13,15,17H2,1-8H3/b25-9+/t26-,30+,32+,33-,34+,36+,37-/m0/s1. The van der Waals surface area contributed by atoms with E-state index in [0.29, 0.717) is 5.56 Å². The lowest BCUT2D eigenvalue weighted by molar-refractivity contribution is -0.331. The molecule has 2 heterocycles. The van der Waals surface area contributed by atoms with Crippen molar-refractivity contribution in [2.75, 3.05) is 20.3 Å². The number of allylic oxidation sites excluding steroid dienone is 1. The Kier molecular flexibility index (Phi) is 16.5. The molecule has 0 bridgehead atoms. The first-order chi connectivity index (χ1) is 26.4. The lowest BCUT2D eigenvalue weighted by atomic mass is 9.86. The first-order valence-electron chi connectivity index (χ1n) is 17.1. The molecular weight excluding hydrogens is 748 g/mol. The van der Waals surface area contributed by atoms with Crippen LogP contribution < -0.4 is 9.47 Å². The molecule has 1 aromatic carbocycles. The molecule has 3 rings (SSSR count). The van der Waals surface area contributed by atoms with Crippen LogP contribution in [0.3, 0.4) is 0 Å². The first-order valence-corrected chi connectivity index (χ1v) is 17.1. The monoisotopic (exact) mass is 792 g/mol. The largest absolute Gasteiger partial charge is 0.468 e. The average molecular weight is 793 g/mol. The predicted molar refractivity (Wildman–Crippen MR) is 184 cm³/mol. The lowest BCUT2D eigenvalue weighted by Crippen LogP contribution is -2.63. The van der Waals surface area contributed by atoms with Crippen LogP contribution in [-0.4, -0.2) is 105 Å². The molecule has 19 heteroatoms. The van der Waals surface area contributed by atoms with Crippen LogP contribution in [0, 0.1) is 5.92 Å². The second kappa shape index (κ2) is 20.7. The van der Waals surface area contributed by atoms with Crippen LogP contribution in [0.1, 0.15) is 60.5 Å². The molecule has 0 radical (unpaired) electrons. The lowest BCUT2D eigenvalue weighted by Gasteiger charge is -2.45. The molecule has 0 aromatic heterocycles. The number of carbonyl (C=O) groups excluding carboxylic acids is 8. The number of ether oxygens (including phenoxy) is 11. The Bertz CT molecular complexity index is 1730. The molecule has 0 saturated carbocycles. The van der Waals surface area contributed by atoms with Gasteiger partial charge in [-0.15, -0.1) is 0 Å². The SMILES string of the molecule is C/C=C1/[C@@H](O[C@@H]2O[C@H](COC(C)=O)[C@@H](OC(C)=O)[C@H](OC(C)=O)[C@H]2OC(C)=O)OC=C(C(=O)OC)[C@H]1CC(=O)OCCc1ccc(OC(C)=O)c(OC(C)=O)c1. The fourth-order valence-electron chi connectivity index (χ4n) is 5.73. The van der Waals surface area contributed by atoms with Crippen molar-refractivity contribution < 1.29 is 90.5 Å². The van der Waals surface area contributed by atoms with Crippen molar-refractivity contribution >= 4 is 47.8 Å². The third-order valence-corrected chi connectivity index (χ3v) is 7.87. The van der Waals surface area contributed by atoms with Gasteiger partial charge in [-0.1, -0.05) is 12.1 Å². The number of hydrogen-bond acceptors (Lipinski definition) is 19. The van der Waals surface area contributed by atoms with Gasteiger partial charge in [-0.3, -0.25) is 33.6 Å². The quantitative estimate of drug-likeness (QED) is 0.107. The highest BCUT2D eigenvalue weighted by Crippen LogP contribution is 2.38. The molecule has 2 aliphatic heterocycles. The number of hydrogen-bond donors (Lipinski definition) is 0. The van der Waals surface area contributed by atoms with E-state index in [1.54, 1.807) is 13.0 Å². The molecule has 0 N–H and O–H groups in total. The summed E-state index contributed by atoms with van der Waals surface area (Å²) < 4.78 is 60.0. The fraction of sp³-hybridized carbons (Fsp3) is 0.514. The van der Waals surface area contributed by atoms with Crippen molar-refractivity contribution in [1.29, 1.82) is 0 Å². The van der Waals surface area contributed by atoms with Gasteiger partial charge in [-0.2, -0.15) is 0 Å². The van der Waals surface area contributed by atoms with E-state index < -0.39 is 104 Å².